The van der Waals surface area contributed by atoms with Crippen molar-refractivity contribution < 1.29 is 19.0 Å². The van der Waals surface area contributed by atoms with Gasteiger partial charge in [-0.1, -0.05) is 19.3 Å². The van der Waals surface area contributed by atoms with Gasteiger partial charge in [0.05, 0.1) is 13.0 Å². The summed E-state index contributed by atoms with van der Waals surface area (Å²) >= 11 is 0. The van der Waals surface area contributed by atoms with Crippen molar-refractivity contribution in [1.29, 1.82) is 0 Å². The molecular weight excluding hydrogens is 441 g/mol. The van der Waals surface area contributed by atoms with Crippen LogP contribution in [0.2, 0.25) is 0 Å². The molecule has 1 N–H and O–H groups in total. The summed E-state index contributed by atoms with van der Waals surface area (Å²) in [4.78, 5) is 14.5. The highest BCUT2D eigenvalue weighted by atomic mass is 19.1. The van der Waals surface area contributed by atoms with Gasteiger partial charge in [-0.3, -0.25) is 9.69 Å². The van der Waals surface area contributed by atoms with E-state index in [0.717, 1.165) is 83.8 Å². The molecule has 1 fully saturated rings. The molecule has 1 saturated carbocycles. The molecular formula is C30H38FNO3. The van der Waals surface area contributed by atoms with Crippen molar-refractivity contribution >= 4 is 5.97 Å². The highest BCUT2D eigenvalue weighted by molar-refractivity contribution is 5.83. The zero-order valence-corrected chi connectivity index (χ0v) is 21.4. The number of benzene rings is 2. The van der Waals surface area contributed by atoms with Crippen LogP contribution in [-0.2, 0) is 30.6 Å². The van der Waals surface area contributed by atoms with Gasteiger partial charge in [-0.25, -0.2) is 4.39 Å². The molecule has 0 unspecified atom stereocenters. The van der Waals surface area contributed by atoms with Crippen molar-refractivity contribution in [2.75, 3.05) is 19.7 Å². The second-order valence-electron chi connectivity index (χ2n) is 10.9. The Morgan fingerprint density at radius 1 is 1.03 bits per heavy atom. The lowest BCUT2D eigenvalue weighted by molar-refractivity contribution is -0.136. The molecule has 3 aliphatic rings. The summed E-state index contributed by atoms with van der Waals surface area (Å²) in [5, 5.41) is 9.80. The number of aliphatic carboxylic acids is 1. The minimum Gasteiger partial charge on any atom is -0.490 e. The van der Waals surface area contributed by atoms with Gasteiger partial charge in [0, 0.05) is 25.2 Å². The molecule has 0 radical (unpaired) electrons. The molecule has 5 rings (SSSR count). The van der Waals surface area contributed by atoms with Gasteiger partial charge in [0.2, 0.25) is 0 Å². The van der Waals surface area contributed by atoms with E-state index in [9.17, 15) is 9.90 Å². The molecule has 2 aromatic carbocycles. The SMILES string of the molecule is Cc1c(-c2c(C)c3c(c(C)c2CC(=O)O)CCN(CC2CCCCC2)C3)cc(F)c2c1CCCO2. The number of ether oxygens (including phenoxy) is 1. The Bertz CT molecular complexity index is 1150. The maximum atomic E-state index is 15.2. The lowest BCUT2D eigenvalue weighted by Gasteiger charge is -2.36. The van der Waals surface area contributed by atoms with Crippen molar-refractivity contribution in [3.8, 4) is 16.9 Å². The van der Waals surface area contributed by atoms with Crippen molar-refractivity contribution in [3.63, 3.8) is 0 Å². The number of hydrogen-bond acceptors (Lipinski definition) is 3. The first-order valence-corrected chi connectivity index (χ1v) is 13.4. The Morgan fingerprint density at radius 2 is 1.80 bits per heavy atom. The number of carboxylic acid groups (broad SMARTS) is 1. The van der Waals surface area contributed by atoms with Gasteiger partial charge in [0.25, 0.3) is 0 Å². The van der Waals surface area contributed by atoms with Crippen LogP contribution in [0.15, 0.2) is 6.07 Å². The zero-order chi connectivity index (χ0) is 24.7. The van der Waals surface area contributed by atoms with E-state index >= 15 is 4.39 Å². The van der Waals surface area contributed by atoms with E-state index in [0.29, 0.717) is 12.4 Å². The first-order chi connectivity index (χ1) is 16.8. The van der Waals surface area contributed by atoms with Crippen molar-refractivity contribution in [3.05, 3.63) is 50.8 Å². The quantitative estimate of drug-likeness (QED) is 0.546. The standard InChI is InChI=1S/C30H38FNO3/c1-18-22-11-12-32(16-21-8-5-4-6-9-21)17-26(22)20(3)29(25(18)15-28(33)34)24-14-27(31)30-23(19(24)2)10-7-13-35-30/h14,21H,4-13,15-17H2,1-3H3,(H,33,34). The van der Waals surface area contributed by atoms with E-state index in [-0.39, 0.29) is 12.2 Å². The fourth-order valence-corrected chi connectivity index (χ4v) is 6.87. The lowest BCUT2D eigenvalue weighted by Crippen LogP contribution is -2.36. The molecule has 35 heavy (non-hydrogen) atoms. The van der Waals surface area contributed by atoms with Crippen LogP contribution in [0.4, 0.5) is 4.39 Å². The number of rotatable bonds is 5. The van der Waals surface area contributed by atoms with E-state index < -0.39 is 5.97 Å². The monoisotopic (exact) mass is 479 g/mol. The summed E-state index contributed by atoms with van der Waals surface area (Å²) in [6.45, 7) is 9.85. The second-order valence-corrected chi connectivity index (χ2v) is 10.9. The smallest absolute Gasteiger partial charge is 0.307 e. The third kappa shape index (κ3) is 4.60. The minimum atomic E-state index is -0.845. The number of carboxylic acids is 1. The molecule has 2 heterocycles. The normalized spacial score (nSPS) is 18.6. The third-order valence-corrected chi connectivity index (χ3v) is 8.73. The Balaban J connectivity index is 1.61. The number of hydrogen-bond donors (Lipinski definition) is 1. The fraction of sp³-hybridized carbons (Fsp3) is 0.567. The summed E-state index contributed by atoms with van der Waals surface area (Å²) in [5.41, 5.74) is 9.37. The van der Waals surface area contributed by atoms with E-state index in [2.05, 4.69) is 18.7 Å². The molecule has 2 aromatic rings. The maximum absolute atomic E-state index is 15.2. The maximum Gasteiger partial charge on any atom is 0.307 e. The zero-order valence-electron chi connectivity index (χ0n) is 21.4. The Kier molecular flexibility index (Phi) is 6.89. The van der Waals surface area contributed by atoms with E-state index in [4.69, 9.17) is 4.74 Å². The molecule has 2 aliphatic heterocycles. The first-order valence-electron chi connectivity index (χ1n) is 13.4. The first kappa shape index (κ1) is 24.3. The fourth-order valence-electron chi connectivity index (χ4n) is 6.87. The number of nitrogens with zero attached hydrogens (tertiary/aromatic N) is 1. The Hall–Kier alpha value is -2.40. The molecule has 0 aromatic heterocycles. The van der Waals surface area contributed by atoms with Crippen molar-refractivity contribution in [1.82, 2.24) is 4.90 Å². The van der Waals surface area contributed by atoms with Gasteiger partial charge in [0.15, 0.2) is 11.6 Å². The van der Waals surface area contributed by atoms with Gasteiger partial charge >= 0.3 is 5.97 Å². The Morgan fingerprint density at radius 3 is 2.54 bits per heavy atom. The molecule has 1 aliphatic carbocycles. The summed E-state index contributed by atoms with van der Waals surface area (Å²) in [6, 6.07) is 1.58. The Labute approximate surface area is 208 Å². The highest BCUT2D eigenvalue weighted by Crippen LogP contribution is 2.43. The van der Waals surface area contributed by atoms with Crippen LogP contribution in [0.1, 0.15) is 77.5 Å². The predicted octanol–water partition coefficient (Wildman–Crippen LogP) is 6.31. The number of halogens is 1. The lowest BCUT2D eigenvalue weighted by atomic mass is 9.79. The minimum absolute atomic E-state index is 0.0459. The van der Waals surface area contributed by atoms with Crippen LogP contribution in [0.3, 0.4) is 0 Å². The van der Waals surface area contributed by atoms with Crippen LogP contribution in [0.25, 0.3) is 11.1 Å². The van der Waals surface area contributed by atoms with Crippen molar-refractivity contribution in [2.45, 2.75) is 85.1 Å². The average Bonchev–Trinajstić information content (AvgIpc) is 2.85. The number of carbonyl (C=O) groups is 1. The highest BCUT2D eigenvalue weighted by Gasteiger charge is 2.29. The number of fused-ring (bicyclic) bond motifs is 2. The average molecular weight is 480 g/mol. The van der Waals surface area contributed by atoms with E-state index in [1.165, 1.54) is 43.2 Å². The van der Waals surface area contributed by atoms with Crippen LogP contribution in [0, 0.1) is 32.5 Å². The van der Waals surface area contributed by atoms with Gasteiger partial charge in [-0.15, -0.1) is 0 Å². The summed E-state index contributed by atoms with van der Waals surface area (Å²) < 4.78 is 20.9. The second kappa shape index (κ2) is 9.93. The van der Waals surface area contributed by atoms with Gasteiger partial charge in [-0.05, 0) is 109 Å². The molecule has 0 spiro atoms. The molecule has 0 amide bonds. The van der Waals surface area contributed by atoms with Crippen LogP contribution < -0.4 is 4.74 Å². The molecule has 0 atom stereocenters. The van der Waals surface area contributed by atoms with E-state index in [1.807, 2.05) is 6.92 Å². The largest absolute Gasteiger partial charge is 0.490 e. The van der Waals surface area contributed by atoms with Gasteiger partial charge in [-0.2, -0.15) is 0 Å². The van der Waals surface area contributed by atoms with Crippen molar-refractivity contribution in [2.24, 2.45) is 5.92 Å². The van der Waals surface area contributed by atoms with Gasteiger partial charge < -0.3 is 9.84 Å². The van der Waals surface area contributed by atoms with Crippen LogP contribution in [0.5, 0.6) is 5.75 Å². The van der Waals surface area contributed by atoms with Gasteiger partial charge in [0.1, 0.15) is 0 Å². The summed E-state index contributed by atoms with van der Waals surface area (Å²) in [5.74, 6) is -0.0177. The molecule has 0 saturated heterocycles. The molecule has 5 heteroatoms. The molecule has 0 bridgehead atoms. The third-order valence-electron chi connectivity index (χ3n) is 8.73. The summed E-state index contributed by atoms with van der Waals surface area (Å²) in [6.07, 6.45) is 9.30. The topological polar surface area (TPSA) is 49.8 Å². The van der Waals surface area contributed by atoms with E-state index in [1.54, 1.807) is 6.07 Å². The molecule has 4 nitrogen and oxygen atoms in total. The summed E-state index contributed by atoms with van der Waals surface area (Å²) in [7, 11) is 0. The van der Waals surface area contributed by atoms with Crippen LogP contribution >= 0.6 is 0 Å². The van der Waals surface area contributed by atoms with Crippen LogP contribution in [-0.4, -0.2) is 35.7 Å². The predicted molar refractivity (Wildman–Crippen MR) is 137 cm³/mol. The molecule has 188 valence electrons.